The predicted octanol–water partition coefficient (Wildman–Crippen LogP) is 1.32. The van der Waals surface area contributed by atoms with Gasteiger partial charge in [-0.1, -0.05) is 26.7 Å². The maximum atomic E-state index is 11.8. The summed E-state index contributed by atoms with van der Waals surface area (Å²) >= 11 is 0. The largest absolute Gasteiger partial charge is 0.343 e. The molecule has 0 saturated heterocycles. The van der Waals surface area contributed by atoms with E-state index in [4.69, 9.17) is 0 Å². The smallest absolute Gasteiger partial charge is 0.237 e. The van der Waals surface area contributed by atoms with Crippen molar-refractivity contribution in [2.75, 3.05) is 13.3 Å². The molecule has 0 spiro atoms. The molecule has 21 heavy (non-hydrogen) atoms. The van der Waals surface area contributed by atoms with Gasteiger partial charge in [0.05, 0.1) is 18.6 Å². The highest BCUT2D eigenvalue weighted by Crippen LogP contribution is 2.32. The van der Waals surface area contributed by atoms with Crippen molar-refractivity contribution in [1.29, 1.82) is 0 Å². The molecule has 2 N–H and O–H groups in total. The van der Waals surface area contributed by atoms with E-state index in [0.29, 0.717) is 31.3 Å². The Morgan fingerprint density at radius 3 is 2.62 bits per heavy atom. The van der Waals surface area contributed by atoms with Crippen molar-refractivity contribution in [2.45, 2.75) is 58.2 Å². The van der Waals surface area contributed by atoms with E-state index >= 15 is 0 Å². The molecule has 1 saturated carbocycles. The van der Waals surface area contributed by atoms with Crippen LogP contribution in [-0.4, -0.2) is 43.9 Å². The summed E-state index contributed by atoms with van der Waals surface area (Å²) in [5.41, 5.74) is 0. The first-order valence-electron chi connectivity index (χ1n) is 7.85. The quantitative estimate of drug-likeness (QED) is 0.823. The SMILES string of the molecule is CC(C)S(=O)(=O)NC1=NCN([C@@H]2CCC[C@@H](C)[C@H]2C)CN1. The number of aliphatic imine (C=N–C) groups is 1. The maximum absolute atomic E-state index is 11.8. The third-order valence-corrected chi connectivity index (χ3v) is 6.57. The third kappa shape index (κ3) is 3.88. The maximum Gasteiger partial charge on any atom is 0.237 e. The third-order valence-electron chi connectivity index (χ3n) is 4.85. The summed E-state index contributed by atoms with van der Waals surface area (Å²) < 4.78 is 26.2. The lowest BCUT2D eigenvalue weighted by Crippen LogP contribution is -2.55. The van der Waals surface area contributed by atoms with Crippen LogP contribution in [0.25, 0.3) is 0 Å². The fourth-order valence-corrected chi connectivity index (χ4v) is 3.70. The number of nitrogens with zero attached hydrogens (tertiary/aromatic N) is 2. The first-order chi connectivity index (χ1) is 9.81. The molecule has 0 aromatic carbocycles. The molecule has 3 atom stereocenters. The van der Waals surface area contributed by atoms with Crippen LogP contribution < -0.4 is 10.0 Å². The van der Waals surface area contributed by atoms with Gasteiger partial charge < -0.3 is 5.32 Å². The summed E-state index contributed by atoms with van der Waals surface area (Å²) in [6.45, 7) is 9.16. The van der Waals surface area contributed by atoms with Gasteiger partial charge in [0.15, 0.2) is 0 Å². The van der Waals surface area contributed by atoms with Gasteiger partial charge in [0.25, 0.3) is 0 Å². The molecule has 122 valence electrons. The normalized spacial score (nSPS) is 31.7. The summed E-state index contributed by atoms with van der Waals surface area (Å²) in [6, 6.07) is 0.535. The van der Waals surface area contributed by atoms with E-state index < -0.39 is 15.3 Å². The van der Waals surface area contributed by atoms with E-state index in [2.05, 4.69) is 33.8 Å². The molecule has 0 bridgehead atoms. The molecule has 0 amide bonds. The Labute approximate surface area is 128 Å². The summed E-state index contributed by atoms with van der Waals surface area (Å²) in [4.78, 5) is 6.67. The molecule has 1 aliphatic heterocycles. The van der Waals surface area contributed by atoms with E-state index in [1.807, 2.05) is 0 Å². The Morgan fingerprint density at radius 1 is 1.33 bits per heavy atom. The highest BCUT2D eigenvalue weighted by Gasteiger charge is 2.32. The van der Waals surface area contributed by atoms with E-state index in [1.165, 1.54) is 19.3 Å². The topological polar surface area (TPSA) is 73.8 Å². The van der Waals surface area contributed by atoms with Gasteiger partial charge in [-0.3, -0.25) is 9.62 Å². The molecule has 2 aliphatic rings. The molecule has 0 aromatic rings. The van der Waals surface area contributed by atoms with Crippen LogP contribution in [0, 0.1) is 11.8 Å². The van der Waals surface area contributed by atoms with Gasteiger partial charge in [-0.15, -0.1) is 0 Å². The Morgan fingerprint density at radius 2 is 2.05 bits per heavy atom. The Bertz CT molecular complexity index is 489. The van der Waals surface area contributed by atoms with Crippen molar-refractivity contribution in [3.63, 3.8) is 0 Å². The highest BCUT2D eigenvalue weighted by molar-refractivity contribution is 7.90. The Hall–Kier alpha value is -0.820. The van der Waals surface area contributed by atoms with Crippen molar-refractivity contribution in [3.8, 4) is 0 Å². The molecule has 1 aliphatic carbocycles. The second-order valence-electron chi connectivity index (χ2n) is 6.60. The van der Waals surface area contributed by atoms with E-state index in [0.717, 1.165) is 5.92 Å². The Balaban J connectivity index is 1.95. The van der Waals surface area contributed by atoms with Gasteiger partial charge in [-0.25, -0.2) is 13.4 Å². The van der Waals surface area contributed by atoms with Crippen molar-refractivity contribution in [1.82, 2.24) is 14.9 Å². The average Bonchev–Trinajstić information content (AvgIpc) is 2.42. The van der Waals surface area contributed by atoms with Gasteiger partial charge in [-0.05, 0) is 32.1 Å². The standard InChI is InChI=1S/C14H28N4O2S/c1-10(2)21(19,20)17-14-15-8-18(9-16-14)13-7-5-6-11(3)12(13)4/h10-13H,5-9H2,1-4H3,(H2,15,16,17)/t11-,12-,13-/m1/s1. The number of hydrogen-bond acceptors (Lipinski definition) is 5. The minimum Gasteiger partial charge on any atom is -0.343 e. The molecule has 1 heterocycles. The van der Waals surface area contributed by atoms with Crippen LogP contribution in [-0.2, 0) is 10.0 Å². The van der Waals surface area contributed by atoms with Crippen LogP contribution >= 0.6 is 0 Å². The number of hydrogen-bond donors (Lipinski definition) is 2. The molecule has 0 radical (unpaired) electrons. The molecular weight excluding hydrogens is 288 g/mol. The van der Waals surface area contributed by atoms with Crippen LogP contribution in [0.15, 0.2) is 4.99 Å². The molecule has 1 fully saturated rings. The van der Waals surface area contributed by atoms with Crippen LogP contribution in [0.2, 0.25) is 0 Å². The van der Waals surface area contributed by atoms with Gasteiger partial charge in [0.1, 0.15) is 0 Å². The lowest BCUT2D eigenvalue weighted by atomic mass is 9.77. The van der Waals surface area contributed by atoms with E-state index in [1.54, 1.807) is 13.8 Å². The molecule has 0 aromatic heterocycles. The lowest BCUT2D eigenvalue weighted by molar-refractivity contribution is 0.0768. The van der Waals surface area contributed by atoms with Crippen LogP contribution in [0.1, 0.15) is 47.0 Å². The molecule has 6 nitrogen and oxygen atoms in total. The lowest BCUT2D eigenvalue weighted by Gasteiger charge is -2.42. The van der Waals surface area contributed by atoms with E-state index in [9.17, 15) is 8.42 Å². The number of rotatable bonds is 3. The van der Waals surface area contributed by atoms with Gasteiger partial charge >= 0.3 is 0 Å². The average molecular weight is 316 g/mol. The minimum absolute atomic E-state index is 0.372. The number of sulfonamides is 1. The first kappa shape index (κ1) is 16.5. The predicted molar refractivity (Wildman–Crippen MR) is 85.3 cm³/mol. The Kier molecular flexibility index (Phi) is 5.14. The van der Waals surface area contributed by atoms with Crippen LogP contribution in [0.5, 0.6) is 0 Å². The van der Waals surface area contributed by atoms with Crippen molar-refractivity contribution >= 4 is 16.0 Å². The fraction of sp³-hybridized carbons (Fsp3) is 0.929. The van der Waals surface area contributed by atoms with Crippen molar-refractivity contribution in [2.24, 2.45) is 16.8 Å². The van der Waals surface area contributed by atoms with Crippen LogP contribution in [0.4, 0.5) is 0 Å². The summed E-state index contributed by atoms with van der Waals surface area (Å²) in [6.07, 6.45) is 3.78. The number of guanidine groups is 1. The minimum atomic E-state index is -3.32. The zero-order valence-electron chi connectivity index (χ0n) is 13.5. The molecule has 7 heteroatoms. The summed E-state index contributed by atoms with van der Waals surface area (Å²) in [5.74, 6) is 1.77. The van der Waals surface area contributed by atoms with E-state index in [-0.39, 0.29) is 0 Å². The zero-order valence-corrected chi connectivity index (χ0v) is 14.3. The van der Waals surface area contributed by atoms with Gasteiger partial charge in [-0.2, -0.15) is 0 Å². The van der Waals surface area contributed by atoms with Crippen LogP contribution in [0.3, 0.4) is 0 Å². The van der Waals surface area contributed by atoms with Crippen molar-refractivity contribution in [3.05, 3.63) is 0 Å². The number of nitrogens with one attached hydrogen (secondary N) is 2. The zero-order chi connectivity index (χ0) is 15.6. The molecule has 2 rings (SSSR count). The highest BCUT2D eigenvalue weighted by atomic mass is 32.2. The molecular formula is C14H28N4O2S. The summed E-state index contributed by atoms with van der Waals surface area (Å²) in [7, 11) is -3.32. The first-order valence-corrected chi connectivity index (χ1v) is 9.40. The van der Waals surface area contributed by atoms with Crippen molar-refractivity contribution < 1.29 is 8.42 Å². The molecule has 0 unspecified atom stereocenters. The fourth-order valence-electron chi connectivity index (χ4n) is 3.06. The second kappa shape index (κ2) is 6.52. The second-order valence-corrected chi connectivity index (χ2v) is 8.84. The summed E-state index contributed by atoms with van der Waals surface area (Å²) in [5, 5.41) is 2.64. The van der Waals surface area contributed by atoms with Gasteiger partial charge in [0.2, 0.25) is 16.0 Å². The van der Waals surface area contributed by atoms with Gasteiger partial charge in [0, 0.05) is 6.04 Å². The monoisotopic (exact) mass is 316 g/mol.